The molecule has 0 bridgehead atoms. The molecule has 2 heterocycles. The third-order valence-electron chi connectivity index (χ3n) is 5.30. The van der Waals surface area contributed by atoms with Crippen LogP contribution in [0.4, 0.5) is 5.69 Å². The molecular weight excluding hydrogens is 366 g/mol. The Hall–Kier alpha value is -3.19. The van der Waals surface area contributed by atoms with Gasteiger partial charge in [-0.2, -0.15) is 5.10 Å². The van der Waals surface area contributed by atoms with E-state index in [1.807, 2.05) is 43.4 Å². The number of aromatic nitrogens is 3. The molecule has 0 aliphatic carbocycles. The van der Waals surface area contributed by atoms with Crippen LogP contribution in [0, 0.1) is 0 Å². The number of benzene rings is 2. The number of hydrogen-bond donors (Lipinski definition) is 0. The summed E-state index contributed by atoms with van der Waals surface area (Å²) >= 11 is 0. The quantitative estimate of drug-likeness (QED) is 0.492. The molecule has 1 aliphatic rings. The van der Waals surface area contributed by atoms with Crippen LogP contribution < -0.4 is 9.64 Å². The molecule has 0 unspecified atom stereocenters. The van der Waals surface area contributed by atoms with Crippen molar-refractivity contribution in [2.24, 2.45) is 7.05 Å². The Bertz CT molecular complexity index is 975. The van der Waals surface area contributed by atoms with Gasteiger partial charge >= 0.3 is 5.97 Å². The number of rotatable bonds is 5. The molecule has 7 heteroatoms. The minimum Gasteiger partial charge on any atom is -0.423 e. The fourth-order valence-corrected chi connectivity index (χ4v) is 3.55. The molecule has 0 N–H and O–H groups in total. The van der Waals surface area contributed by atoms with Gasteiger partial charge in [0, 0.05) is 44.5 Å². The van der Waals surface area contributed by atoms with E-state index in [1.54, 1.807) is 16.8 Å². The van der Waals surface area contributed by atoms with Gasteiger partial charge in [0.15, 0.2) is 5.82 Å². The monoisotopic (exact) mass is 391 g/mol. The summed E-state index contributed by atoms with van der Waals surface area (Å²) in [6.45, 7) is 7.44. The summed E-state index contributed by atoms with van der Waals surface area (Å²) in [5.74, 6) is 0.827. The van der Waals surface area contributed by atoms with Gasteiger partial charge in [0.05, 0.1) is 5.56 Å². The number of aryl methyl sites for hydroxylation is 1. The zero-order valence-corrected chi connectivity index (χ0v) is 16.8. The zero-order valence-electron chi connectivity index (χ0n) is 16.8. The van der Waals surface area contributed by atoms with Crippen LogP contribution in [0.1, 0.15) is 17.3 Å². The van der Waals surface area contributed by atoms with E-state index in [4.69, 9.17) is 4.74 Å². The maximum Gasteiger partial charge on any atom is 0.343 e. The molecule has 7 nitrogen and oxygen atoms in total. The molecule has 0 amide bonds. The van der Waals surface area contributed by atoms with Gasteiger partial charge in [-0.1, -0.05) is 19.1 Å². The SMILES string of the molecule is CCN1CCN(c2ccc(C(=O)Oc3cccc(-c4ncnn4C)c3)cc2)CC1. The predicted molar refractivity (Wildman–Crippen MR) is 112 cm³/mol. The maximum absolute atomic E-state index is 12.6. The highest BCUT2D eigenvalue weighted by atomic mass is 16.5. The number of esters is 1. The Labute approximate surface area is 170 Å². The summed E-state index contributed by atoms with van der Waals surface area (Å²) in [6, 6.07) is 15.0. The molecule has 4 rings (SSSR count). The predicted octanol–water partition coefficient (Wildman–Crippen LogP) is 2.84. The Morgan fingerprint density at radius 1 is 1.07 bits per heavy atom. The average Bonchev–Trinajstić information content (AvgIpc) is 3.20. The normalized spacial score (nSPS) is 14.8. The number of carbonyl (C=O) groups excluding carboxylic acids is 1. The first-order valence-corrected chi connectivity index (χ1v) is 9.88. The largest absolute Gasteiger partial charge is 0.423 e. The second-order valence-electron chi connectivity index (χ2n) is 7.09. The van der Waals surface area contributed by atoms with Crippen LogP contribution in [0.5, 0.6) is 5.75 Å². The third-order valence-corrected chi connectivity index (χ3v) is 5.30. The van der Waals surface area contributed by atoms with Crippen LogP contribution >= 0.6 is 0 Å². The highest BCUT2D eigenvalue weighted by Gasteiger charge is 2.17. The van der Waals surface area contributed by atoms with E-state index in [0.29, 0.717) is 11.3 Å². The maximum atomic E-state index is 12.6. The Balaban J connectivity index is 1.42. The third kappa shape index (κ3) is 4.30. The van der Waals surface area contributed by atoms with Gasteiger partial charge < -0.3 is 14.5 Å². The first-order chi connectivity index (χ1) is 14.1. The van der Waals surface area contributed by atoms with Crippen LogP contribution in [0.2, 0.25) is 0 Å². The van der Waals surface area contributed by atoms with E-state index < -0.39 is 0 Å². The average molecular weight is 391 g/mol. The Morgan fingerprint density at radius 2 is 1.83 bits per heavy atom. The molecule has 1 aliphatic heterocycles. The molecule has 3 aromatic rings. The van der Waals surface area contributed by atoms with E-state index in [9.17, 15) is 4.79 Å². The molecule has 2 aromatic carbocycles. The van der Waals surface area contributed by atoms with E-state index in [0.717, 1.165) is 49.8 Å². The fourth-order valence-electron chi connectivity index (χ4n) is 3.55. The van der Waals surface area contributed by atoms with Gasteiger partial charge in [0.1, 0.15) is 12.1 Å². The fraction of sp³-hybridized carbons (Fsp3) is 0.318. The molecule has 0 atom stereocenters. The number of ether oxygens (including phenoxy) is 1. The Morgan fingerprint density at radius 3 is 2.48 bits per heavy atom. The molecule has 0 spiro atoms. The lowest BCUT2D eigenvalue weighted by Gasteiger charge is -2.35. The summed E-state index contributed by atoms with van der Waals surface area (Å²) in [4.78, 5) is 21.6. The number of likely N-dealkylation sites (N-methyl/N-ethyl adjacent to an activating group) is 1. The van der Waals surface area contributed by atoms with Gasteiger partial charge in [-0.15, -0.1) is 0 Å². The van der Waals surface area contributed by atoms with Crippen LogP contribution in [-0.2, 0) is 7.05 Å². The molecule has 0 saturated carbocycles. The molecule has 1 saturated heterocycles. The number of piperazine rings is 1. The number of carbonyl (C=O) groups is 1. The van der Waals surface area contributed by atoms with Gasteiger partial charge in [0.2, 0.25) is 0 Å². The molecule has 150 valence electrons. The molecule has 1 aromatic heterocycles. The lowest BCUT2D eigenvalue weighted by Crippen LogP contribution is -2.46. The summed E-state index contributed by atoms with van der Waals surface area (Å²) in [6.07, 6.45) is 1.50. The van der Waals surface area contributed by atoms with Crippen molar-refractivity contribution in [3.05, 3.63) is 60.4 Å². The second-order valence-corrected chi connectivity index (χ2v) is 7.09. The van der Waals surface area contributed by atoms with Crippen LogP contribution in [0.15, 0.2) is 54.9 Å². The number of hydrogen-bond acceptors (Lipinski definition) is 6. The van der Waals surface area contributed by atoms with Crippen molar-refractivity contribution in [1.82, 2.24) is 19.7 Å². The molecular formula is C22H25N5O2. The van der Waals surface area contributed by atoms with E-state index in [2.05, 4.69) is 26.8 Å². The smallest absolute Gasteiger partial charge is 0.343 e. The topological polar surface area (TPSA) is 63.5 Å². The lowest BCUT2D eigenvalue weighted by molar-refractivity contribution is 0.0735. The minimum absolute atomic E-state index is 0.373. The van der Waals surface area contributed by atoms with Crippen molar-refractivity contribution in [2.45, 2.75) is 6.92 Å². The summed E-state index contributed by atoms with van der Waals surface area (Å²) in [7, 11) is 1.82. The molecule has 1 fully saturated rings. The lowest BCUT2D eigenvalue weighted by atomic mass is 10.1. The van der Waals surface area contributed by atoms with E-state index >= 15 is 0 Å². The van der Waals surface area contributed by atoms with Crippen molar-refractivity contribution < 1.29 is 9.53 Å². The first kappa shape index (κ1) is 19.1. The van der Waals surface area contributed by atoms with Crippen molar-refractivity contribution in [2.75, 3.05) is 37.6 Å². The van der Waals surface area contributed by atoms with Crippen molar-refractivity contribution in [3.8, 4) is 17.1 Å². The van der Waals surface area contributed by atoms with Crippen LogP contribution in [0.25, 0.3) is 11.4 Å². The summed E-state index contributed by atoms with van der Waals surface area (Å²) in [5.41, 5.74) is 2.52. The highest BCUT2D eigenvalue weighted by Crippen LogP contribution is 2.23. The second kappa shape index (κ2) is 8.45. The number of nitrogens with zero attached hydrogens (tertiary/aromatic N) is 5. The molecule has 0 radical (unpaired) electrons. The van der Waals surface area contributed by atoms with Crippen molar-refractivity contribution in [3.63, 3.8) is 0 Å². The first-order valence-electron chi connectivity index (χ1n) is 9.88. The summed E-state index contributed by atoms with van der Waals surface area (Å²) < 4.78 is 7.26. The van der Waals surface area contributed by atoms with Gasteiger partial charge in [-0.3, -0.25) is 0 Å². The van der Waals surface area contributed by atoms with Crippen LogP contribution in [-0.4, -0.2) is 58.4 Å². The van der Waals surface area contributed by atoms with Gasteiger partial charge in [-0.05, 0) is 42.9 Å². The Kier molecular flexibility index (Phi) is 5.57. The molecule has 29 heavy (non-hydrogen) atoms. The van der Waals surface area contributed by atoms with E-state index in [1.165, 1.54) is 6.33 Å². The van der Waals surface area contributed by atoms with Gasteiger partial charge in [-0.25, -0.2) is 14.5 Å². The standard InChI is InChI=1S/C22H25N5O2/c1-3-26-11-13-27(14-12-26)19-9-7-17(8-10-19)22(28)29-20-6-4-5-18(15-20)21-23-16-24-25(21)2/h4-10,15-16H,3,11-14H2,1-2H3. The van der Waals surface area contributed by atoms with E-state index in [-0.39, 0.29) is 5.97 Å². The number of anilines is 1. The summed E-state index contributed by atoms with van der Waals surface area (Å²) in [5, 5.41) is 4.08. The van der Waals surface area contributed by atoms with Crippen LogP contribution in [0.3, 0.4) is 0 Å². The minimum atomic E-state index is -0.373. The van der Waals surface area contributed by atoms with Crippen molar-refractivity contribution in [1.29, 1.82) is 0 Å². The zero-order chi connectivity index (χ0) is 20.2. The van der Waals surface area contributed by atoms with Crippen molar-refractivity contribution >= 4 is 11.7 Å². The van der Waals surface area contributed by atoms with Gasteiger partial charge in [0.25, 0.3) is 0 Å². The highest BCUT2D eigenvalue weighted by molar-refractivity contribution is 5.91.